The molecule has 1 amide bonds. The van der Waals surface area contributed by atoms with E-state index in [-0.39, 0.29) is 14.8 Å². The van der Waals surface area contributed by atoms with E-state index in [1.165, 1.54) is 18.2 Å². The Balaban J connectivity index is 2.38. The van der Waals surface area contributed by atoms with Gasteiger partial charge in [0.25, 0.3) is 15.9 Å². The molecule has 19 heavy (non-hydrogen) atoms. The molecular formula is C10H7F3INO3S. The van der Waals surface area contributed by atoms with Gasteiger partial charge in [-0.1, -0.05) is 0 Å². The number of fused-ring (bicyclic) bond motifs is 1. The summed E-state index contributed by atoms with van der Waals surface area (Å²) < 4.78 is 61.3. The van der Waals surface area contributed by atoms with Gasteiger partial charge in [0.05, 0.1) is 12.0 Å². The normalized spacial score (nSPS) is 17.7. The van der Waals surface area contributed by atoms with Crippen molar-refractivity contribution >= 4 is 38.5 Å². The van der Waals surface area contributed by atoms with Gasteiger partial charge in [0.15, 0.2) is 0 Å². The van der Waals surface area contributed by atoms with Crippen molar-refractivity contribution in [3.63, 3.8) is 0 Å². The molecule has 0 radical (unpaired) electrons. The number of hydrogen-bond acceptors (Lipinski definition) is 3. The fourth-order valence-corrected chi connectivity index (χ4v) is 3.75. The fourth-order valence-electron chi connectivity index (χ4n) is 1.71. The van der Waals surface area contributed by atoms with Crippen LogP contribution in [0.3, 0.4) is 0 Å². The number of benzene rings is 1. The van der Waals surface area contributed by atoms with E-state index in [0.717, 1.165) is 0 Å². The number of rotatable bonds is 2. The van der Waals surface area contributed by atoms with E-state index in [2.05, 4.69) is 0 Å². The summed E-state index contributed by atoms with van der Waals surface area (Å²) in [5.41, 5.74) is -0.0749. The first-order valence-corrected chi connectivity index (χ1v) is 7.58. The third kappa shape index (κ3) is 2.71. The molecular weight excluding hydrogens is 398 g/mol. The van der Waals surface area contributed by atoms with E-state index < -0.39 is 35.1 Å². The monoisotopic (exact) mass is 405 g/mol. The smallest absolute Gasteiger partial charge is 0.268 e. The minimum Gasteiger partial charge on any atom is -0.268 e. The van der Waals surface area contributed by atoms with Crippen LogP contribution in [0, 0.1) is 3.57 Å². The summed E-state index contributed by atoms with van der Waals surface area (Å²) in [4.78, 5) is 11.6. The van der Waals surface area contributed by atoms with Crippen LogP contribution in [-0.2, 0) is 10.0 Å². The third-order valence-corrected chi connectivity index (χ3v) is 5.08. The average Bonchev–Trinajstić information content (AvgIpc) is 2.43. The molecule has 0 aliphatic carbocycles. The second kappa shape index (κ2) is 4.62. The molecule has 104 valence electrons. The molecule has 0 N–H and O–H groups in total. The van der Waals surface area contributed by atoms with Crippen LogP contribution in [0.4, 0.5) is 13.2 Å². The zero-order chi connectivity index (χ0) is 14.4. The Morgan fingerprint density at radius 3 is 2.47 bits per heavy atom. The van der Waals surface area contributed by atoms with Gasteiger partial charge in [-0.3, -0.25) is 4.79 Å². The highest BCUT2D eigenvalue weighted by Gasteiger charge is 2.42. The number of nitrogens with zero attached hydrogens (tertiary/aromatic N) is 1. The lowest BCUT2D eigenvalue weighted by molar-refractivity contribution is -0.134. The molecule has 0 fully saturated rings. The van der Waals surface area contributed by atoms with Gasteiger partial charge in [-0.2, -0.15) is 13.2 Å². The van der Waals surface area contributed by atoms with Gasteiger partial charge < -0.3 is 0 Å². The SMILES string of the molecule is O=C1c2cc(I)ccc2S(=O)(=O)N1CCC(F)(F)F. The van der Waals surface area contributed by atoms with Crippen molar-refractivity contribution in [2.75, 3.05) is 6.54 Å². The predicted molar refractivity (Wildman–Crippen MR) is 68.1 cm³/mol. The Morgan fingerprint density at radius 1 is 1.26 bits per heavy atom. The molecule has 0 bridgehead atoms. The zero-order valence-electron chi connectivity index (χ0n) is 9.24. The molecule has 0 saturated heterocycles. The quantitative estimate of drug-likeness (QED) is 0.711. The first kappa shape index (κ1) is 14.6. The minimum atomic E-state index is -4.51. The molecule has 4 nitrogen and oxygen atoms in total. The molecule has 1 heterocycles. The molecule has 0 unspecified atom stereocenters. The average molecular weight is 405 g/mol. The predicted octanol–water partition coefficient (Wildman–Crippen LogP) is 2.39. The maximum Gasteiger partial charge on any atom is 0.390 e. The van der Waals surface area contributed by atoms with Crippen molar-refractivity contribution < 1.29 is 26.4 Å². The number of alkyl halides is 3. The van der Waals surface area contributed by atoms with E-state index in [4.69, 9.17) is 0 Å². The molecule has 1 aliphatic rings. The fraction of sp³-hybridized carbons (Fsp3) is 0.300. The lowest BCUT2D eigenvalue weighted by Gasteiger charge is -2.15. The van der Waals surface area contributed by atoms with Crippen LogP contribution in [-0.4, -0.2) is 31.4 Å². The largest absolute Gasteiger partial charge is 0.390 e. The van der Waals surface area contributed by atoms with Gasteiger partial charge in [-0.15, -0.1) is 0 Å². The molecule has 9 heteroatoms. The van der Waals surface area contributed by atoms with Gasteiger partial charge in [0, 0.05) is 10.1 Å². The van der Waals surface area contributed by atoms with Crippen LogP contribution in [0.5, 0.6) is 0 Å². The van der Waals surface area contributed by atoms with Crippen LogP contribution in [0.1, 0.15) is 16.8 Å². The topological polar surface area (TPSA) is 54.5 Å². The van der Waals surface area contributed by atoms with Gasteiger partial charge in [-0.25, -0.2) is 12.7 Å². The first-order chi connectivity index (χ1) is 8.63. The van der Waals surface area contributed by atoms with E-state index in [1.54, 1.807) is 0 Å². The second-order valence-electron chi connectivity index (χ2n) is 3.89. The van der Waals surface area contributed by atoms with Crippen LogP contribution in [0.25, 0.3) is 0 Å². The third-order valence-electron chi connectivity index (χ3n) is 2.56. The summed E-state index contributed by atoms with van der Waals surface area (Å²) >= 11 is 1.89. The Labute approximate surface area is 120 Å². The van der Waals surface area contributed by atoms with Crippen molar-refractivity contribution in [2.24, 2.45) is 0 Å². The first-order valence-electron chi connectivity index (χ1n) is 5.06. The highest BCUT2D eigenvalue weighted by molar-refractivity contribution is 14.1. The van der Waals surface area contributed by atoms with E-state index in [0.29, 0.717) is 3.57 Å². The minimum absolute atomic E-state index is 0.0749. The van der Waals surface area contributed by atoms with Crippen molar-refractivity contribution in [1.29, 1.82) is 0 Å². The van der Waals surface area contributed by atoms with Crippen molar-refractivity contribution in [1.82, 2.24) is 4.31 Å². The molecule has 1 aliphatic heterocycles. The molecule has 0 spiro atoms. The highest BCUT2D eigenvalue weighted by Crippen LogP contribution is 2.32. The lowest BCUT2D eigenvalue weighted by atomic mass is 10.2. The molecule has 0 saturated carbocycles. The van der Waals surface area contributed by atoms with E-state index >= 15 is 0 Å². The van der Waals surface area contributed by atoms with Gasteiger partial charge in [-0.05, 0) is 40.8 Å². The number of carbonyl (C=O) groups excluding carboxylic acids is 1. The van der Waals surface area contributed by atoms with E-state index in [1.807, 2.05) is 22.6 Å². The van der Waals surface area contributed by atoms with E-state index in [9.17, 15) is 26.4 Å². The van der Waals surface area contributed by atoms with Crippen molar-refractivity contribution in [3.8, 4) is 0 Å². The highest BCUT2D eigenvalue weighted by atomic mass is 127. The summed E-state index contributed by atoms with van der Waals surface area (Å²) in [6.45, 7) is -0.893. The Hall–Kier alpha value is -0.840. The van der Waals surface area contributed by atoms with Gasteiger partial charge in [0.1, 0.15) is 4.90 Å². The maximum atomic E-state index is 12.1. The summed E-state index contributed by atoms with van der Waals surface area (Å²) in [5, 5.41) is 0. The number of sulfonamides is 1. The van der Waals surface area contributed by atoms with Crippen LogP contribution in [0.2, 0.25) is 0 Å². The number of hydrogen-bond donors (Lipinski definition) is 0. The summed E-state index contributed by atoms with van der Waals surface area (Å²) in [6.07, 6.45) is -5.87. The number of carbonyl (C=O) groups is 1. The number of amides is 1. The van der Waals surface area contributed by atoms with Gasteiger partial charge >= 0.3 is 6.18 Å². The van der Waals surface area contributed by atoms with Crippen LogP contribution in [0.15, 0.2) is 23.1 Å². The zero-order valence-corrected chi connectivity index (χ0v) is 12.2. The Kier molecular flexibility index (Phi) is 3.54. The summed E-state index contributed by atoms with van der Waals surface area (Å²) in [6, 6.07) is 4.07. The summed E-state index contributed by atoms with van der Waals surface area (Å²) in [7, 11) is -4.15. The molecule has 2 rings (SSSR count). The standard InChI is InChI=1S/C10H7F3INO3S/c11-10(12,13)3-4-15-9(16)7-5-6(14)1-2-8(7)19(15,17)18/h1-2,5H,3-4H2. The Morgan fingerprint density at radius 2 is 1.89 bits per heavy atom. The van der Waals surface area contributed by atoms with Crippen molar-refractivity contribution in [2.45, 2.75) is 17.5 Å². The maximum absolute atomic E-state index is 12.1. The molecule has 1 aromatic carbocycles. The molecule has 0 aromatic heterocycles. The van der Waals surface area contributed by atoms with Crippen LogP contribution >= 0.6 is 22.6 Å². The Bertz CT molecular complexity index is 642. The second-order valence-corrected chi connectivity index (χ2v) is 6.96. The lowest BCUT2D eigenvalue weighted by Crippen LogP contribution is -2.33. The molecule has 1 aromatic rings. The van der Waals surface area contributed by atoms with Crippen LogP contribution < -0.4 is 0 Å². The van der Waals surface area contributed by atoms with Crippen molar-refractivity contribution in [3.05, 3.63) is 27.3 Å². The number of halogens is 4. The van der Waals surface area contributed by atoms with Gasteiger partial charge in [0.2, 0.25) is 0 Å². The summed E-state index contributed by atoms with van der Waals surface area (Å²) in [5.74, 6) is -0.905. The molecule has 0 atom stereocenters.